The lowest BCUT2D eigenvalue weighted by Gasteiger charge is -2.45. The van der Waals surface area contributed by atoms with Gasteiger partial charge in [0.1, 0.15) is 6.61 Å². The third-order valence-corrected chi connectivity index (χ3v) is 8.53. The van der Waals surface area contributed by atoms with Gasteiger partial charge in [0.2, 0.25) is 11.8 Å². The smallest absolute Gasteiger partial charge is 0.233 e. The second-order valence-electron chi connectivity index (χ2n) is 11.2. The van der Waals surface area contributed by atoms with Gasteiger partial charge in [-0.2, -0.15) is 0 Å². The molecule has 0 aromatic rings. The van der Waals surface area contributed by atoms with E-state index in [-0.39, 0.29) is 36.1 Å². The van der Waals surface area contributed by atoms with Crippen molar-refractivity contribution in [2.45, 2.75) is 103 Å². The van der Waals surface area contributed by atoms with E-state index in [1.165, 1.54) is 16.0 Å². The molecule has 4 aliphatic rings. The standard InChI is InChI=1S/C28H42N2O5/c1-17(2)8-7-9-18(3)14-15-35-29-22-16-23(31)26(32)24-20(22)12-13-21-25(24)28(34)30(27(21)33)19-10-5-4-6-11-19/h8,14,19-21,23-26,31-32H,4-7,9-13,15-16H2,1-3H3/b18-14+,29-22-/t20-,21-,23+,24-,25+,26+/m0/s1. The van der Waals surface area contributed by atoms with E-state index in [1.54, 1.807) is 0 Å². The molecule has 7 nitrogen and oxygen atoms in total. The third-order valence-electron chi connectivity index (χ3n) is 8.53. The number of allylic oxidation sites excluding steroid dienone is 3. The summed E-state index contributed by atoms with van der Waals surface area (Å²) in [5, 5.41) is 26.0. The maximum atomic E-state index is 13.6. The van der Waals surface area contributed by atoms with Crippen LogP contribution in [0.1, 0.15) is 85.0 Å². The Hall–Kier alpha value is -1.99. The quantitative estimate of drug-likeness (QED) is 0.244. The maximum absolute atomic E-state index is 13.6. The highest BCUT2D eigenvalue weighted by atomic mass is 16.6. The number of aliphatic hydroxyl groups excluding tert-OH is 2. The maximum Gasteiger partial charge on any atom is 0.233 e. The molecule has 1 saturated heterocycles. The molecule has 6 atom stereocenters. The summed E-state index contributed by atoms with van der Waals surface area (Å²) >= 11 is 0. The number of aliphatic hydroxyl groups is 2. The highest BCUT2D eigenvalue weighted by Gasteiger charge is 2.60. The van der Waals surface area contributed by atoms with E-state index in [0.29, 0.717) is 25.2 Å². The summed E-state index contributed by atoms with van der Waals surface area (Å²) in [6, 6.07) is -0.0123. The molecule has 1 aliphatic heterocycles. The summed E-state index contributed by atoms with van der Waals surface area (Å²) in [6.45, 7) is 6.61. The fourth-order valence-electron chi connectivity index (χ4n) is 6.69. The van der Waals surface area contributed by atoms with E-state index in [0.717, 1.165) is 44.9 Å². The Morgan fingerprint density at radius 1 is 1.00 bits per heavy atom. The second kappa shape index (κ2) is 11.4. The molecule has 7 heteroatoms. The van der Waals surface area contributed by atoms with Crippen molar-refractivity contribution in [1.29, 1.82) is 0 Å². The zero-order valence-electron chi connectivity index (χ0n) is 21.5. The predicted octanol–water partition coefficient (Wildman–Crippen LogP) is 4.14. The fraction of sp³-hybridized carbons (Fsp3) is 0.750. The lowest BCUT2D eigenvalue weighted by atomic mass is 9.60. The van der Waals surface area contributed by atoms with Crippen molar-refractivity contribution in [1.82, 2.24) is 4.90 Å². The van der Waals surface area contributed by atoms with Gasteiger partial charge in [-0.15, -0.1) is 0 Å². The van der Waals surface area contributed by atoms with Gasteiger partial charge in [-0.1, -0.05) is 41.6 Å². The van der Waals surface area contributed by atoms with Crippen LogP contribution < -0.4 is 0 Å². The summed E-state index contributed by atoms with van der Waals surface area (Å²) in [6.07, 6.45) is 10.7. The Bertz CT molecular complexity index is 884. The monoisotopic (exact) mass is 486 g/mol. The van der Waals surface area contributed by atoms with E-state index in [1.807, 2.05) is 6.08 Å². The molecule has 2 amide bonds. The number of fused-ring (bicyclic) bond motifs is 3. The Balaban J connectivity index is 1.45. The zero-order chi connectivity index (χ0) is 25.1. The molecule has 3 saturated carbocycles. The Kier molecular flexibility index (Phi) is 8.48. The minimum Gasteiger partial charge on any atom is -0.392 e. The average molecular weight is 487 g/mol. The van der Waals surface area contributed by atoms with E-state index < -0.39 is 24.0 Å². The molecule has 2 N–H and O–H groups in total. The van der Waals surface area contributed by atoms with Crippen LogP contribution in [-0.2, 0) is 14.4 Å². The van der Waals surface area contributed by atoms with Gasteiger partial charge in [-0.25, -0.2) is 0 Å². The summed E-state index contributed by atoms with van der Waals surface area (Å²) < 4.78 is 0. The van der Waals surface area contributed by atoms with Crippen LogP contribution in [0.2, 0.25) is 0 Å². The summed E-state index contributed by atoms with van der Waals surface area (Å²) in [7, 11) is 0. The fourth-order valence-corrected chi connectivity index (χ4v) is 6.69. The lowest BCUT2D eigenvalue weighted by Crippen LogP contribution is -2.54. The highest BCUT2D eigenvalue weighted by molar-refractivity contribution is 6.06. The molecule has 194 valence electrons. The van der Waals surface area contributed by atoms with E-state index in [9.17, 15) is 19.8 Å². The number of imide groups is 1. The van der Waals surface area contributed by atoms with Crippen molar-refractivity contribution >= 4 is 17.5 Å². The highest BCUT2D eigenvalue weighted by Crippen LogP contribution is 2.50. The first-order valence-electron chi connectivity index (χ1n) is 13.5. The Morgan fingerprint density at radius 3 is 2.43 bits per heavy atom. The molecule has 0 aromatic heterocycles. The number of carbonyl (C=O) groups is 2. The number of carbonyl (C=O) groups excluding carboxylic acids is 2. The van der Waals surface area contributed by atoms with E-state index in [2.05, 4.69) is 32.0 Å². The van der Waals surface area contributed by atoms with Gasteiger partial charge in [0, 0.05) is 24.3 Å². The van der Waals surface area contributed by atoms with Crippen LogP contribution in [-0.4, -0.2) is 57.5 Å². The summed E-state index contributed by atoms with van der Waals surface area (Å²) in [4.78, 5) is 34.0. The molecule has 0 radical (unpaired) electrons. The van der Waals surface area contributed by atoms with Crippen LogP contribution in [0.15, 0.2) is 28.5 Å². The third kappa shape index (κ3) is 5.56. The largest absolute Gasteiger partial charge is 0.392 e. The molecule has 4 rings (SSSR count). The van der Waals surface area contributed by atoms with Gasteiger partial charge in [-0.3, -0.25) is 14.5 Å². The van der Waals surface area contributed by atoms with Crippen LogP contribution in [0.4, 0.5) is 0 Å². The van der Waals surface area contributed by atoms with Crippen LogP contribution in [0.5, 0.6) is 0 Å². The van der Waals surface area contributed by atoms with Gasteiger partial charge in [0.25, 0.3) is 0 Å². The summed E-state index contributed by atoms with van der Waals surface area (Å²) in [5.41, 5.74) is 3.25. The molecule has 1 heterocycles. The van der Waals surface area contributed by atoms with Crippen LogP contribution in [0.3, 0.4) is 0 Å². The van der Waals surface area contributed by atoms with E-state index in [4.69, 9.17) is 4.84 Å². The number of oxime groups is 1. The van der Waals surface area contributed by atoms with Gasteiger partial charge in [0.15, 0.2) is 0 Å². The van der Waals surface area contributed by atoms with Crippen molar-refractivity contribution in [3.63, 3.8) is 0 Å². The lowest BCUT2D eigenvalue weighted by molar-refractivity contribution is -0.145. The summed E-state index contributed by atoms with van der Waals surface area (Å²) in [5.74, 6) is -1.83. The van der Waals surface area contributed by atoms with Crippen molar-refractivity contribution in [3.8, 4) is 0 Å². The minimum atomic E-state index is -1.04. The predicted molar refractivity (Wildman–Crippen MR) is 134 cm³/mol. The van der Waals surface area contributed by atoms with Gasteiger partial charge in [-0.05, 0) is 65.4 Å². The van der Waals surface area contributed by atoms with Crippen molar-refractivity contribution in [2.75, 3.05) is 6.61 Å². The Morgan fingerprint density at radius 2 is 1.71 bits per heavy atom. The molecule has 35 heavy (non-hydrogen) atoms. The number of rotatable bonds is 7. The van der Waals surface area contributed by atoms with Crippen molar-refractivity contribution in [3.05, 3.63) is 23.3 Å². The van der Waals surface area contributed by atoms with Crippen molar-refractivity contribution < 1.29 is 24.6 Å². The van der Waals surface area contributed by atoms with Crippen LogP contribution in [0.25, 0.3) is 0 Å². The number of nitrogens with zero attached hydrogens (tertiary/aromatic N) is 2. The molecular weight excluding hydrogens is 444 g/mol. The zero-order valence-corrected chi connectivity index (χ0v) is 21.5. The van der Waals surface area contributed by atoms with Crippen molar-refractivity contribution in [2.24, 2.45) is 28.8 Å². The second-order valence-corrected chi connectivity index (χ2v) is 11.2. The Labute approximate surface area is 209 Å². The van der Waals surface area contributed by atoms with Crippen LogP contribution >= 0.6 is 0 Å². The van der Waals surface area contributed by atoms with Gasteiger partial charge in [0.05, 0.1) is 29.8 Å². The van der Waals surface area contributed by atoms with Crippen LogP contribution in [0, 0.1) is 23.7 Å². The molecule has 0 aromatic carbocycles. The topological polar surface area (TPSA) is 99.4 Å². The first-order chi connectivity index (χ1) is 16.8. The minimum absolute atomic E-state index is 0.0123. The normalized spacial score (nSPS) is 35.2. The number of hydrogen-bond donors (Lipinski definition) is 2. The molecule has 4 fully saturated rings. The van der Waals surface area contributed by atoms with Gasteiger partial charge < -0.3 is 15.1 Å². The first kappa shape index (κ1) is 26.1. The molecular formula is C28H42N2O5. The number of hydrogen-bond acceptors (Lipinski definition) is 6. The molecule has 0 unspecified atom stereocenters. The molecule has 3 aliphatic carbocycles. The average Bonchev–Trinajstić information content (AvgIpc) is 3.09. The number of likely N-dealkylation sites (tertiary alicyclic amines) is 1. The van der Waals surface area contributed by atoms with E-state index >= 15 is 0 Å². The number of amides is 2. The van der Waals surface area contributed by atoms with Gasteiger partial charge >= 0.3 is 0 Å². The molecule has 0 bridgehead atoms. The first-order valence-corrected chi connectivity index (χ1v) is 13.5. The SMILES string of the molecule is CC(C)=CCC/C(C)=C/CO/N=C1/C[C@@H](O)[C@@H](O)[C@@H]2[C@@H]3C(=O)N(C4CCCCC4)C(=O)[C@H]3CC[C@@H]12. The molecule has 0 spiro atoms.